The molecule has 1 amide bonds. The third-order valence-corrected chi connectivity index (χ3v) is 5.67. The van der Waals surface area contributed by atoms with Crippen LogP contribution in [0.15, 0.2) is 43.0 Å². The van der Waals surface area contributed by atoms with Crippen LogP contribution in [-0.2, 0) is 9.53 Å². The van der Waals surface area contributed by atoms with Gasteiger partial charge in [0.15, 0.2) is 0 Å². The Morgan fingerprint density at radius 2 is 1.86 bits per heavy atom. The van der Waals surface area contributed by atoms with Crippen LogP contribution in [0.5, 0.6) is 0 Å². The highest BCUT2D eigenvalue weighted by Gasteiger charge is 2.51. The molecule has 4 rings (SSSR count). The summed E-state index contributed by atoms with van der Waals surface area (Å²) >= 11 is 0. The number of aliphatic hydroxyl groups excluding tert-OH is 1. The number of hydrogen-bond acceptors (Lipinski definition) is 7. The minimum atomic E-state index is -0.577. The lowest BCUT2D eigenvalue weighted by Gasteiger charge is -2.52. The molecule has 2 aliphatic rings. The van der Waals surface area contributed by atoms with E-state index in [0.29, 0.717) is 26.3 Å². The van der Waals surface area contributed by atoms with E-state index in [4.69, 9.17) is 4.74 Å². The van der Waals surface area contributed by atoms with Gasteiger partial charge in [0.05, 0.1) is 38.5 Å². The monoisotopic (exact) mass is 393 g/mol. The lowest BCUT2D eigenvalue weighted by atomic mass is 9.75. The van der Waals surface area contributed by atoms with Crippen LogP contribution in [0.3, 0.4) is 0 Å². The molecule has 29 heavy (non-hydrogen) atoms. The second-order valence-corrected chi connectivity index (χ2v) is 7.29. The van der Waals surface area contributed by atoms with Gasteiger partial charge in [0.25, 0.3) is 0 Å². The van der Waals surface area contributed by atoms with E-state index in [9.17, 15) is 15.2 Å². The van der Waals surface area contributed by atoms with Crippen LogP contribution in [0.25, 0.3) is 11.1 Å². The van der Waals surface area contributed by atoms with E-state index in [0.717, 1.165) is 16.7 Å². The summed E-state index contributed by atoms with van der Waals surface area (Å²) in [6.07, 6.45) is 4.97. The first-order valence-corrected chi connectivity index (χ1v) is 9.70. The molecule has 0 aliphatic carbocycles. The standard InChI is InChI=1S/C21H23N5O3/c22-9-18-21(16-3-1-15(2-4-16)17-10-23-14-24-11-17)19(13-27)26(18)20(28)12-25-5-7-29-8-6-25/h1-4,10-11,14,18-19,21,27H,5-8,12-13H2/t18-,19+,21+/m1/s1. The first-order valence-electron chi connectivity index (χ1n) is 9.70. The zero-order chi connectivity index (χ0) is 20.2. The molecule has 2 aliphatic heterocycles. The maximum atomic E-state index is 12.8. The zero-order valence-electron chi connectivity index (χ0n) is 16.0. The van der Waals surface area contributed by atoms with Crippen LogP contribution >= 0.6 is 0 Å². The highest BCUT2D eigenvalue weighted by molar-refractivity contribution is 5.81. The average Bonchev–Trinajstić information content (AvgIpc) is 2.75. The van der Waals surface area contributed by atoms with Crippen LogP contribution in [0.1, 0.15) is 11.5 Å². The highest BCUT2D eigenvalue weighted by atomic mass is 16.5. The number of hydrogen-bond donors (Lipinski definition) is 1. The Bertz CT molecular complexity index is 877. The van der Waals surface area contributed by atoms with Crippen LogP contribution in [0.4, 0.5) is 0 Å². The van der Waals surface area contributed by atoms with Gasteiger partial charge in [-0.1, -0.05) is 24.3 Å². The van der Waals surface area contributed by atoms with Crippen molar-refractivity contribution in [2.45, 2.75) is 18.0 Å². The number of carbonyl (C=O) groups is 1. The van der Waals surface area contributed by atoms with Gasteiger partial charge in [-0.05, 0) is 11.1 Å². The molecule has 2 saturated heterocycles. The number of carbonyl (C=O) groups excluding carboxylic acids is 1. The fourth-order valence-corrected chi connectivity index (χ4v) is 4.13. The molecular weight excluding hydrogens is 370 g/mol. The molecule has 0 radical (unpaired) electrons. The minimum Gasteiger partial charge on any atom is -0.394 e. The van der Waals surface area contributed by atoms with E-state index in [1.54, 1.807) is 17.3 Å². The minimum absolute atomic E-state index is 0.119. The van der Waals surface area contributed by atoms with Gasteiger partial charge in [-0.2, -0.15) is 5.26 Å². The van der Waals surface area contributed by atoms with E-state index in [-0.39, 0.29) is 31.0 Å². The van der Waals surface area contributed by atoms with Gasteiger partial charge < -0.3 is 14.7 Å². The van der Waals surface area contributed by atoms with Crippen molar-refractivity contribution < 1.29 is 14.6 Å². The Kier molecular flexibility index (Phi) is 5.81. The van der Waals surface area contributed by atoms with Crippen molar-refractivity contribution in [3.8, 4) is 17.2 Å². The molecule has 2 aromatic rings. The number of aliphatic hydroxyl groups is 1. The van der Waals surface area contributed by atoms with Crippen molar-refractivity contribution in [1.82, 2.24) is 19.8 Å². The summed E-state index contributed by atoms with van der Waals surface area (Å²) in [6.45, 7) is 2.70. The van der Waals surface area contributed by atoms with Gasteiger partial charge >= 0.3 is 0 Å². The van der Waals surface area contributed by atoms with Crippen LogP contribution in [0.2, 0.25) is 0 Å². The van der Waals surface area contributed by atoms with Gasteiger partial charge in [0.2, 0.25) is 5.91 Å². The van der Waals surface area contributed by atoms with Gasteiger partial charge in [0, 0.05) is 37.0 Å². The molecule has 150 valence electrons. The number of benzene rings is 1. The fourth-order valence-electron chi connectivity index (χ4n) is 4.13. The summed E-state index contributed by atoms with van der Waals surface area (Å²) in [5.74, 6) is -0.327. The average molecular weight is 393 g/mol. The molecule has 1 aromatic carbocycles. The predicted octanol–water partition coefficient (Wildman–Crippen LogP) is 0.655. The Morgan fingerprint density at radius 1 is 1.17 bits per heavy atom. The summed E-state index contributed by atoms with van der Waals surface area (Å²) in [4.78, 5) is 24.4. The second-order valence-electron chi connectivity index (χ2n) is 7.29. The topological polar surface area (TPSA) is 103 Å². The normalized spacial score (nSPS) is 24.6. The van der Waals surface area contributed by atoms with Crippen molar-refractivity contribution in [3.63, 3.8) is 0 Å². The van der Waals surface area contributed by atoms with E-state index in [1.807, 2.05) is 29.2 Å². The first-order chi connectivity index (χ1) is 14.2. The molecule has 8 heteroatoms. The number of ether oxygens (including phenoxy) is 1. The van der Waals surface area contributed by atoms with Crippen LogP contribution in [-0.4, -0.2) is 82.3 Å². The quantitative estimate of drug-likeness (QED) is 0.796. The maximum Gasteiger partial charge on any atom is 0.238 e. The number of likely N-dealkylation sites (tertiary alicyclic amines) is 1. The molecule has 0 saturated carbocycles. The van der Waals surface area contributed by atoms with Crippen molar-refractivity contribution in [2.75, 3.05) is 39.5 Å². The van der Waals surface area contributed by atoms with Crippen molar-refractivity contribution in [2.24, 2.45) is 0 Å². The molecule has 0 unspecified atom stereocenters. The van der Waals surface area contributed by atoms with E-state index >= 15 is 0 Å². The Hall–Kier alpha value is -2.86. The van der Waals surface area contributed by atoms with E-state index in [2.05, 4.69) is 16.0 Å². The van der Waals surface area contributed by atoms with Crippen molar-refractivity contribution >= 4 is 5.91 Å². The zero-order valence-corrected chi connectivity index (χ0v) is 16.0. The van der Waals surface area contributed by atoms with Crippen LogP contribution < -0.4 is 0 Å². The Labute approximate surface area is 169 Å². The lowest BCUT2D eigenvalue weighted by molar-refractivity contribution is -0.149. The molecule has 2 fully saturated rings. The first kappa shape index (κ1) is 19.5. The molecule has 8 nitrogen and oxygen atoms in total. The van der Waals surface area contributed by atoms with Gasteiger partial charge in [-0.15, -0.1) is 0 Å². The molecular formula is C21H23N5O3. The maximum absolute atomic E-state index is 12.8. The molecule has 3 atom stereocenters. The summed E-state index contributed by atoms with van der Waals surface area (Å²) in [5, 5.41) is 19.6. The van der Waals surface area contributed by atoms with Crippen molar-refractivity contribution in [1.29, 1.82) is 5.26 Å². The predicted molar refractivity (Wildman–Crippen MR) is 105 cm³/mol. The number of nitriles is 1. The summed E-state index contributed by atoms with van der Waals surface area (Å²) in [7, 11) is 0. The number of nitrogens with zero attached hydrogens (tertiary/aromatic N) is 5. The van der Waals surface area contributed by atoms with E-state index in [1.165, 1.54) is 6.33 Å². The molecule has 0 spiro atoms. The number of morpholine rings is 1. The third-order valence-electron chi connectivity index (χ3n) is 5.67. The Morgan fingerprint density at radius 3 is 2.48 bits per heavy atom. The molecule has 1 aromatic heterocycles. The summed E-state index contributed by atoms with van der Waals surface area (Å²) in [5.41, 5.74) is 2.82. The molecule has 1 N–H and O–H groups in total. The van der Waals surface area contributed by atoms with E-state index < -0.39 is 6.04 Å². The number of aromatic nitrogens is 2. The molecule has 0 bridgehead atoms. The SMILES string of the molecule is N#C[C@@H]1[C@H](c2ccc(-c3cncnc3)cc2)[C@H](CO)N1C(=O)CN1CCOCC1. The van der Waals surface area contributed by atoms with Gasteiger partial charge in [-0.3, -0.25) is 9.69 Å². The van der Waals surface area contributed by atoms with Crippen molar-refractivity contribution in [3.05, 3.63) is 48.5 Å². The lowest BCUT2D eigenvalue weighted by Crippen LogP contribution is -2.66. The number of rotatable bonds is 5. The highest BCUT2D eigenvalue weighted by Crippen LogP contribution is 2.41. The third kappa shape index (κ3) is 3.85. The summed E-state index contributed by atoms with van der Waals surface area (Å²) < 4.78 is 5.32. The molecule has 3 heterocycles. The smallest absolute Gasteiger partial charge is 0.238 e. The van der Waals surface area contributed by atoms with Gasteiger partial charge in [0.1, 0.15) is 12.4 Å². The van der Waals surface area contributed by atoms with Crippen LogP contribution in [0, 0.1) is 11.3 Å². The second kappa shape index (κ2) is 8.66. The van der Waals surface area contributed by atoms with Gasteiger partial charge in [-0.25, -0.2) is 9.97 Å². The Balaban J connectivity index is 1.49. The number of amides is 1. The summed E-state index contributed by atoms with van der Waals surface area (Å²) in [6, 6.07) is 9.10. The largest absolute Gasteiger partial charge is 0.394 e. The fraction of sp³-hybridized carbons (Fsp3) is 0.429.